The van der Waals surface area contributed by atoms with Crippen molar-refractivity contribution in [2.45, 2.75) is 82.0 Å². The van der Waals surface area contributed by atoms with E-state index >= 15 is 0 Å². The van der Waals surface area contributed by atoms with Gasteiger partial charge in [-0.3, -0.25) is 0 Å². The maximum atomic E-state index is 13.9. The van der Waals surface area contributed by atoms with E-state index in [2.05, 4.69) is 36.1 Å². The zero-order valence-corrected chi connectivity index (χ0v) is 19.2. The molecule has 0 unspecified atom stereocenters. The summed E-state index contributed by atoms with van der Waals surface area (Å²) in [6.45, 7) is 6.82. The standard InChI is InChI=1S/C13H27.C7H4FN4.Sn/c1-4-7-10-13(11-8-5-2)12-9-6-3;8-7-6(2-1-3-9-7)12-5-4-10-11-12;/h4-12H2,1-3H3;1-3,5H;. The first-order valence-corrected chi connectivity index (χ1v) is 12.8. The molecule has 0 aromatic carbocycles. The Bertz CT molecular complexity index is 637. The van der Waals surface area contributed by atoms with E-state index < -0.39 is 27.1 Å². The number of aromatic nitrogens is 4. The molecule has 0 aliphatic heterocycles. The van der Waals surface area contributed by atoms with Crippen molar-refractivity contribution in [1.29, 1.82) is 0 Å². The summed E-state index contributed by atoms with van der Waals surface area (Å²) in [6, 6.07) is 3.43. The van der Waals surface area contributed by atoms with Crippen molar-refractivity contribution in [3.63, 3.8) is 0 Å². The van der Waals surface area contributed by atoms with E-state index in [9.17, 15) is 4.39 Å². The van der Waals surface area contributed by atoms with Crippen LogP contribution < -0.4 is 3.71 Å². The third kappa shape index (κ3) is 6.03. The van der Waals surface area contributed by atoms with Gasteiger partial charge in [-0.15, -0.1) is 0 Å². The molecule has 2 radical (unpaired) electrons. The molecule has 2 aromatic heterocycles. The molecular formula is C20H31FN4Sn. The molecule has 6 heteroatoms. The van der Waals surface area contributed by atoms with Gasteiger partial charge in [-0.25, -0.2) is 0 Å². The number of unbranched alkanes of at least 4 members (excludes halogenated alkanes) is 3. The van der Waals surface area contributed by atoms with Crippen molar-refractivity contribution in [2.75, 3.05) is 0 Å². The van der Waals surface area contributed by atoms with E-state index in [1.165, 1.54) is 64.0 Å². The Morgan fingerprint density at radius 1 is 1.04 bits per heavy atom. The fourth-order valence-electron chi connectivity index (χ4n) is 3.37. The van der Waals surface area contributed by atoms with Crippen LogP contribution in [0, 0.1) is 5.95 Å². The molecule has 0 spiro atoms. The van der Waals surface area contributed by atoms with Crippen LogP contribution in [0.1, 0.15) is 78.6 Å². The van der Waals surface area contributed by atoms with Gasteiger partial charge in [0.05, 0.1) is 0 Å². The second kappa shape index (κ2) is 11.0. The fraction of sp³-hybridized carbons (Fsp3) is 0.650. The number of halogens is 1. The first-order chi connectivity index (χ1) is 12.6. The van der Waals surface area contributed by atoms with Crippen LogP contribution in [0.25, 0.3) is 5.69 Å². The van der Waals surface area contributed by atoms with Crippen LogP contribution in [0.4, 0.5) is 4.39 Å². The molecule has 0 atom stereocenters. The topological polar surface area (TPSA) is 43.6 Å². The van der Waals surface area contributed by atoms with Crippen molar-refractivity contribution < 1.29 is 4.39 Å². The van der Waals surface area contributed by atoms with E-state index in [0.29, 0.717) is 9.12 Å². The van der Waals surface area contributed by atoms with Gasteiger partial charge in [-0.05, 0) is 0 Å². The average Bonchev–Trinajstić information content (AvgIpc) is 3.11. The minimum absolute atomic E-state index is 0.381. The van der Waals surface area contributed by atoms with Crippen molar-refractivity contribution in [3.8, 4) is 5.69 Å². The molecule has 0 N–H and O–H groups in total. The summed E-state index contributed by atoms with van der Waals surface area (Å²) in [5, 5.41) is 8.64. The number of hydrogen-bond donors (Lipinski definition) is 0. The minimum atomic E-state index is -0.940. The van der Waals surface area contributed by atoms with Crippen molar-refractivity contribution in [2.24, 2.45) is 0 Å². The summed E-state index contributed by atoms with van der Waals surface area (Å²) in [5.41, 5.74) is 0.381. The molecule has 0 fully saturated rings. The molecule has 4 nitrogen and oxygen atoms in total. The van der Waals surface area contributed by atoms with Crippen molar-refractivity contribution >= 4 is 24.9 Å². The molecular weight excluding hydrogens is 434 g/mol. The predicted octanol–water partition coefficient (Wildman–Crippen LogP) is 4.86. The van der Waals surface area contributed by atoms with E-state index in [1.807, 2.05) is 6.20 Å². The molecule has 0 aliphatic carbocycles. The van der Waals surface area contributed by atoms with Crippen LogP contribution >= 0.6 is 0 Å². The maximum absolute atomic E-state index is 13.9. The molecule has 0 saturated carbocycles. The summed E-state index contributed by atoms with van der Waals surface area (Å²) >= 11 is -0.940. The van der Waals surface area contributed by atoms with Crippen LogP contribution in [-0.4, -0.2) is 41.1 Å². The summed E-state index contributed by atoms with van der Waals surface area (Å²) in [7, 11) is 0. The van der Waals surface area contributed by atoms with Gasteiger partial charge < -0.3 is 0 Å². The van der Waals surface area contributed by atoms with Crippen LogP contribution in [0.5, 0.6) is 0 Å². The molecule has 2 heterocycles. The number of hydrogen-bond acceptors (Lipinski definition) is 3. The molecule has 0 amide bonds. The number of nitrogens with zero attached hydrogens (tertiary/aromatic N) is 4. The quantitative estimate of drug-likeness (QED) is 0.332. The number of rotatable bonds is 12. The molecule has 0 bridgehead atoms. The van der Waals surface area contributed by atoms with E-state index in [0.717, 1.165) is 3.71 Å². The SMILES string of the molecule is CCCC[C](CCCC)(CCCC)[Sn][c]1cn(-c2cccnc2F)nn1. The van der Waals surface area contributed by atoms with Gasteiger partial charge >= 0.3 is 167 Å². The normalized spacial score (nSPS) is 11.8. The Morgan fingerprint density at radius 3 is 2.19 bits per heavy atom. The summed E-state index contributed by atoms with van der Waals surface area (Å²) in [6.07, 6.45) is 14.9. The third-order valence-electron chi connectivity index (χ3n) is 4.90. The van der Waals surface area contributed by atoms with Gasteiger partial charge in [-0.2, -0.15) is 0 Å². The Labute approximate surface area is 167 Å². The van der Waals surface area contributed by atoms with Gasteiger partial charge in [0.15, 0.2) is 0 Å². The van der Waals surface area contributed by atoms with Gasteiger partial charge in [-0.1, -0.05) is 0 Å². The molecule has 0 aliphatic rings. The van der Waals surface area contributed by atoms with Crippen LogP contribution in [0.15, 0.2) is 24.5 Å². The second-order valence-electron chi connectivity index (χ2n) is 7.08. The van der Waals surface area contributed by atoms with Gasteiger partial charge in [0.25, 0.3) is 0 Å². The second-order valence-corrected chi connectivity index (χ2v) is 12.3. The van der Waals surface area contributed by atoms with E-state index in [1.54, 1.807) is 16.8 Å². The first kappa shape index (κ1) is 21.3. The van der Waals surface area contributed by atoms with Crippen molar-refractivity contribution in [3.05, 3.63) is 30.5 Å². The van der Waals surface area contributed by atoms with Gasteiger partial charge in [0.2, 0.25) is 0 Å². The zero-order valence-electron chi connectivity index (χ0n) is 16.3. The van der Waals surface area contributed by atoms with E-state index in [-0.39, 0.29) is 0 Å². The predicted molar refractivity (Wildman–Crippen MR) is 106 cm³/mol. The molecule has 26 heavy (non-hydrogen) atoms. The Kier molecular flexibility index (Phi) is 9.02. The Morgan fingerprint density at radius 2 is 1.65 bits per heavy atom. The van der Waals surface area contributed by atoms with E-state index in [4.69, 9.17) is 0 Å². The van der Waals surface area contributed by atoms with Crippen LogP contribution in [-0.2, 0) is 0 Å². The van der Waals surface area contributed by atoms with Crippen molar-refractivity contribution in [1.82, 2.24) is 20.0 Å². The Hall–Kier alpha value is -0.981. The zero-order chi connectivity index (χ0) is 18.8. The Balaban J connectivity index is 2.22. The van der Waals surface area contributed by atoms with Crippen LogP contribution in [0.2, 0.25) is 3.43 Å². The molecule has 142 valence electrons. The number of pyridine rings is 1. The summed E-state index contributed by atoms with van der Waals surface area (Å²) in [5.74, 6) is -0.497. The summed E-state index contributed by atoms with van der Waals surface area (Å²) in [4.78, 5) is 3.72. The third-order valence-corrected chi connectivity index (χ3v) is 9.94. The summed E-state index contributed by atoms with van der Waals surface area (Å²) < 4.78 is 17.1. The average molecular weight is 465 g/mol. The van der Waals surface area contributed by atoms with Gasteiger partial charge in [0.1, 0.15) is 0 Å². The van der Waals surface area contributed by atoms with Gasteiger partial charge in [0, 0.05) is 0 Å². The van der Waals surface area contributed by atoms with Crippen LogP contribution in [0.3, 0.4) is 0 Å². The molecule has 0 saturated heterocycles. The molecule has 2 aromatic rings. The monoisotopic (exact) mass is 466 g/mol. The molecule has 2 rings (SSSR count). The first-order valence-electron chi connectivity index (χ1n) is 9.95. The fourth-order valence-corrected chi connectivity index (χ4v) is 8.31.